The van der Waals surface area contributed by atoms with Crippen LogP contribution in [0.25, 0.3) is 5.69 Å². The highest BCUT2D eigenvalue weighted by molar-refractivity contribution is 5.30. The fraction of sp³-hybridized carbons (Fsp3) is 0.471. The Labute approximate surface area is 126 Å². The SMILES string of the molecule is NCCC1CCN(Cc2cnn(-c3ccccc3)c2)CC1. The number of nitrogens with zero attached hydrogens (tertiary/aromatic N) is 3. The summed E-state index contributed by atoms with van der Waals surface area (Å²) in [4.78, 5) is 2.53. The van der Waals surface area contributed by atoms with Crippen LogP contribution < -0.4 is 5.73 Å². The molecule has 0 amide bonds. The van der Waals surface area contributed by atoms with Crippen LogP contribution in [0.1, 0.15) is 24.8 Å². The van der Waals surface area contributed by atoms with Crippen LogP contribution in [0.3, 0.4) is 0 Å². The van der Waals surface area contributed by atoms with Gasteiger partial charge in [-0.1, -0.05) is 18.2 Å². The molecular formula is C17H24N4. The van der Waals surface area contributed by atoms with E-state index in [1.165, 1.54) is 37.9 Å². The summed E-state index contributed by atoms with van der Waals surface area (Å²) in [7, 11) is 0. The van der Waals surface area contributed by atoms with Gasteiger partial charge in [-0.25, -0.2) is 4.68 Å². The molecule has 1 aromatic heterocycles. The van der Waals surface area contributed by atoms with E-state index in [0.29, 0.717) is 0 Å². The van der Waals surface area contributed by atoms with Gasteiger partial charge in [0.05, 0.1) is 11.9 Å². The average Bonchev–Trinajstić information content (AvgIpc) is 2.99. The van der Waals surface area contributed by atoms with Crippen molar-refractivity contribution in [2.24, 2.45) is 11.7 Å². The lowest BCUT2D eigenvalue weighted by atomic mass is 9.93. The fourth-order valence-electron chi connectivity index (χ4n) is 3.09. The average molecular weight is 284 g/mol. The van der Waals surface area contributed by atoms with Crippen LogP contribution in [-0.4, -0.2) is 34.3 Å². The minimum Gasteiger partial charge on any atom is -0.330 e. The Hall–Kier alpha value is -1.65. The van der Waals surface area contributed by atoms with Crippen molar-refractivity contribution >= 4 is 0 Å². The van der Waals surface area contributed by atoms with Crippen molar-refractivity contribution in [3.05, 3.63) is 48.3 Å². The van der Waals surface area contributed by atoms with E-state index in [9.17, 15) is 0 Å². The third kappa shape index (κ3) is 3.71. The first-order chi connectivity index (χ1) is 10.3. The number of nitrogens with two attached hydrogens (primary N) is 1. The van der Waals surface area contributed by atoms with Gasteiger partial charge >= 0.3 is 0 Å². The van der Waals surface area contributed by atoms with Crippen molar-refractivity contribution in [3.8, 4) is 5.69 Å². The molecule has 2 N–H and O–H groups in total. The second kappa shape index (κ2) is 6.87. The number of hydrogen-bond donors (Lipinski definition) is 1. The highest BCUT2D eigenvalue weighted by Gasteiger charge is 2.18. The Kier molecular flexibility index (Phi) is 4.68. The summed E-state index contributed by atoms with van der Waals surface area (Å²) in [6, 6.07) is 10.3. The Balaban J connectivity index is 1.56. The minimum absolute atomic E-state index is 0.828. The molecule has 0 atom stereocenters. The van der Waals surface area contributed by atoms with Crippen LogP contribution in [0.15, 0.2) is 42.7 Å². The van der Waals surface area contributed by atoms with Gasteiger partial charge in [0, 0.05) is 18.3 Å². The van der Waals surface area contributed by atoms with Gasteiger partial charge in [-0.2, -0.15) is 5.10 Å². The molecule has 0 spiro atoms. The lowest BCUT2D eigenvalue weighted by molar-refractivity contribution is 0.173. The molecule has 21 heavy (non-hydrogen) atoms. The maximum Gasteiger partial charge on any atom is 0.0645 e. The summed E-state index contributed by atoms with van der Waals surface area (Å²) in [5, 5.41) is 4.47. The van der Waals surface area contributed by atoms with E-state index in [0.717, 1.165) is 24.7 Å². The molecular weight excluding hydrogens is 260 g/mol. The van der Waals surface area contributed by atoms with Gasteiger partial charge in [0.2, 0.25) is 0 Å². The van der Waals surface area contributed by atoms with Crippen LogP contribution in [0.2, 0.25) is 0 Å². The molecule has 4 heteroatoms. The number of likely N-dealkylation sites (tertiary alicyclic amines) is 1. The van der Waals surface area contributed by atoms with E-state index in [-0.39, 0.29) is 0 Å². The molecule has 1 saturated heterocycles. The Morgan fingerprint density at radius 3 is 2.62 bits per heavy atom. The van der Waals surface area contributed by atoms with E-state index < -0.39 is 0 Å². The maximum atomic E-state index is 5.65. The molecule has 1 aliphatic rings. The number of para-hydroxylation sites is 1. The van der Waals surface area contributed by atoms with Crippen LogP contribution in [0, 0.1) is 5.92 Å². The van der Waals surface area contributed by atoms with Crippen LogP contribution >= 0.6 is 0 Å². The molecule has 0 saturated carbocycles. The molecule has 4 nitrogen and oxygen atoms in total. The lowest BCUT2D eigenvalue weighted by Crippen LogP contribution is -2.33. The first-order valence-corrected chi connectivity index (χ1v) is 7.86. The standard InChI is InChI=1S/C17H24N4/c18-9-6-15-7-10-20(11-8-15)13-16-12-19-21(14-16)17-4-2-1-3-5-17/h1-5,12,14-15H,6-11,13,18H2. The second-order valence-electron chi connectivity index (χ2n) is 5.93. The summed E-state index contributed by atoms with van der Waals surface area (Å²) in [5.74, 6) is 0.832. The maximum absolute atomic E-state index is 5.65. The van der Waals surface area contributed by atoms with Gasteiger partial charge in [0.15, 0.2) is 0 Å². The molecule has 1 aromatic carbocycles. The molecule has 2 aromatic rings. The highest BCUT2D eigenvalue weighted by Crippen LogP contribution is 2.21. The summed E-state index contributed by atoms with van der Waals surface area (Å²) in [6.07, 6.45) is 7.87. The van der Waals surface area contributed by atoms with Gasteiger partial charge in [-0.15, -0.1) is 0 Å². The van der Waals surface area contributed by atoms with Gasteiger partial charge in [-0.3, -0.25) is 4.90 Å². The number of piperidine rings is 1. The molecule has 0 unspecified atom stereocenters. The van der Waals surface area contributed by atoms with E-state index in [2.05, 4.69) is 28.3 Å². The van der Waals surface area contributed by atoms with Gasteiger partial charge in [0.25, 0.3) is 0 Å². The Morgan fingerprint density at radius 2 is 1.90 bits per heavy atom. The second-order valence-corrected chi connectivity index (χ2v) is 5.93. The van der Waals surface area contributed by atoms with E-state index >= 15 is 0 Å². The third-order valence-electron chi connectivity index (χ3n) is 4.35. The molecule has 1 aliphatic heterocycles. The van der Waals surface area contributed by atoms with Crippen LogP contribution in [0.5, 0.6) is 0 Å². The minimum atomic E-state index is 0.828. The Morgan fingerprint density at radius 1 is 1.14 bits per heavy atom. The zero-order valence-electron chi connectivity index (χ0n) is 12.5. The monoisotopic (exact) mass is 284 g/mol. The summed E-state index contributed by atoms with van der Waals surface area (Å²) < 4.78 is 1.95. The molecule has 2 heterocycles. The summed E-state index contributed by atoms with van der Waals surface area (Å²) >= 11 is 0. The van der Waals surface area contributed by atoms with Crippen molar-refractivity contribution in [2.45, 2.75) is 25.8 Å². The van der Waals surface area contributed by atoms with Crippen molar-refractivity contribution < 1.29 is 0 Å². The normalized spacial score (nSPS) is 17.2. The third-order valence-corrected chi connectivity index (χ3v) is 4.35. The summed E-state index contributed by atoms with van der Waals surface area (Å²) in [5.41, 5.74) is 8.06. The van der Waals surface area contributed by atoms with Gasteiger partial charge in [-0.05, 0) is 56.9 Å². The van der Waals surface area contributed by atoms with Gasteiger partial charge < -0.3 is 5.73 Å². The first kappa shape index (κ1) is 14.3. The number of rotatable bonds is 5. The van der Waals surface area contributed by atoms with E-state index in [1.807, 2.05) is 29.1 Å². The zero-order valence-corrected chi connectivity index (χ0v) is 12.5. The van der Waals surface area contributed by atoms with E-state index in [4.69, 9.17) is 5.73 Å². The van der Waals surface area contributed by atoms with Gasteiger partial charge in [0.1, 0.15) is 0 Å². The fourth-order valence-corrected chi connectivity index (χ4v) is 3.09. The molecule has 3 rings (SSSR count). The van der Waals surface area contributed by atoms with Crippen LogP contribution in [0.4, 0.5) is 0 Å². The zero-order chi connectivity index (χ0) is 14.5. The molecule has 0 aliphatic carbocycles. The quantitative estimate of drug-likeness (QED) is 0.917. The largest absolute Gasteiger partial charge is 0.330 e. The molecule has 0 radical (unpaired) electrons. The predicted octanol–water partition coefficient (Wildman–Crippen LogP) is 2.43. The topological polar surface area (TPSA) is 47.1 Å². The highest BCUT2D eigenvalue weighted by atomic mass is 15.3. The number of hydrogen-bond acceptors (Lipinski definition) is 3. The lowest BCUT2D eigenvalue weighted by Gasteiger charge is -2.31. The first-order valence-electron chi connectivity index (χ1n) is 7.86. The Bertz CT molecular complexity index is 541. The van der Waals surface area contributed by atoms with Crippen molar-refractivity contribution in [3.63, 3.8) is 0 Å². The summed E-state index contributed by atoms with van der Waals surface area (Å²) in [6.45, 7) is 4.19. The molecule has 0 bridgehead atoms. The van der Waals surface area contributed by atoms with Crippen molar-refractivity contribution in [2.75, 3.05) is 19.6 Å². The molecule has 112 valence electrons. The van der Waals surface area contributed by atoms with Crippen molar-refractivity contribution in [1.29, 1.82) is 0 Å². The van der Waals surface area contributed by atoms with Crippen molar-refractivity contribution in [1.82, 2.24) is 14.7 Å². The predicted molar refractivity (Wildman–Crippen MR) is 85.2 cm³/mol. The molecule has 1 fully saturated rings. The van der Waals surface area contributed by atoms with E-state index in [1.54, 1.807) is 0 Å². The number of aromatic nitrogens is 2. The number of benzene rings is 1. The van der Waals surface area contributed by atoms with Crippen LogP contribution in [-0.2, 0) is 6.54 Å². The smallest absolute Gasteiger partial charge is 0.0645 e.